The molecule has 1 fully saturated rings. The van der Waals surface area contributed by atoms with Crippen LogP contribution >= 0.6 is 0 Å². The molecule has 116 valence electrons. The van der Waals surface area contributed by atoms with Crippen molar-refractivity contribution in [2.45, 2.75) is 19.3 Å². The third-order valence-corrected chi connectivity index (χ3v) is 3.80. The monoisotopic (exact) mass is 307 g/mol. The second-order valence-electron chi connectivity index (χ2n) is 5.41. The van der Waals surface area contributed by atoms with E-state index in [2.05, 4.69) is 20.2 Å². The highest BCUT2D eigenvalue weighted by molar-refractivity contribution is 6.04. The number of aromatic nitrogens is 2. The summed E-state index contributed by atoms with van der Waals surface area (Å²) >= 11 is 0. The molecule has 1 aliphatic rings. The van der Waals surface area contributed by atoms with Crippen LogP contribution in [-0.4, -0.2) is 29.0 Å². The highest BCUT2D eigenvalue weighted by Crippen LogP contribution is 2.20. The van der Waals surface area contributed by atoms with E-state index in [9.17, 15) is 10.1 Å². The number of rotatable bonds is 3. The van der Waals surface area contributed by atoms with Crippen LogP contribution in [0.4, 0.5) is 11.8 Å². The SMILES string of the molecule is N#Cc1cnc(N2CCCCC2)nc1NC(=O)c1ccccc1. The Morgan fingerprint density at radius 2 is 1.91 bits per heavy atom. The maximum Gasteiger partial charge on any atom is 0.256 e. The number of carbonyl (C=O) groups excluding carboxylic acids is 1. The zero-order valence-corrected chi connectivity index (χ0v) is 12.7. The average molecular weight is 307 g/mol. The number of nitrogens with one attached hydrogen (secondary N) is 1. The topological polar surface area (TPSA) is 81.9 Å². The van der Waals surface area contributed by atoms with Crippen molar-refractivity contribution in [2.24, 2.45) is 0 Å². The molecule has 0 atom stereocenters. The van der Waals surface area contributed by atoms with E-state index >= 15 is 0 Å². The molecule has 0 bridgehead atoms. The molecule has 1 aliphatic heterocycles. The maximum atomic E-state index is 12.3. The molecule has 23 heavy (non-hydrogen) atoms. The van der Waals surface area contributed by atoms with E-state index in [-0.39, 0.29) is 17.3 Å². The van der Waals surface area contributed by atoms with Gasteiger partial charge in [-0.3, -0.25) is 4.79 Å². The number of benzene rings is 1. The van der Waals surface area contributed by atoms with Gasteiger partial charge in [0.25, 0.3) is 5.91 Å². The molecular formula is C17H17N5O. The number of amides is 1. The Balaban J connectivity index is 1.85. The molecule has 0 aliphatic carbocycles. The number of hydrogen-bond acceptors (Lipinski definition) is 5. The molecule has 6 nitrogen and oxygen atoms in total. The van der Waals surface area contributed by atoms with Gasteiger partial charge in [0.1, 0.15) is 11.6 Å². The highest BCUT2D eigenvalue weighted by atomic mass is 16.1. The number of nitrogens with zero attached hydrogens (tertiary/aromatic N) is 4. The van der Waals surface area contributed by atoms with Crippen LogP contribution in [0.1, 0.15) is 35.2 Å². The van der Waals surface area contributed by atoms with Crippen LogP contribution in [0, 0.1) is 11.3 Å². The smallest absolute Gasteiger partial charge is 0.256 e. The van der Waals surface area contributed by atoms with Crippen molar-refractivity contribution in [2.75, 3.05) is 23.3 Å². The van der Waals surface area contributed by atoms with Gasteiger partial charge in [-0.1, -0.05) is 18.2 Å². The fourth-order valence-electron chi connectivity index (χ4n) is 2.57. The predicted molar refractivity (Wildman–Crippen MR) is 87.2 cm³/mol. The lowest BCUT2D eigenvalue weighted by atomic mass is 10.1. The van der Waals surface area contributed by atoms with Gasteiger partial charge in [-0.25, -0.2) is 4.98 Å². The first-order chi connectivity index (χ1) is 11.3. The molecule has 1 aromatic carbocycles. The Morgan fingerprint density at radius 3 is 2.61 bits per heavy atom. The van der Waals surface area contributed by atoms with Crippen molar-refractivity contribution in [1.82, 2.24) is 9.97 Å². The average Bonchev–Trinajstić information content (AvgIpc) is 2.63. The van der Waals surface area contributed by atoms with Gasteiger partial charge in [-0.15, -0.1) is 0 Å². The van der Waals surface area contributed by atoms with Crippen LogP contribution in [0.15, 0.2) is 36.5 Å². The Bertz CT molecular complexity index is 732. The summed E-state index contributed by atoms with van der Waals surface area (Å²) in [7, 11) is 0. The summed E-state index contributed by atoms with van der Waals surface area (Å²) in [4.78, 5) is 23.0. The van der Waals surface area contributed by atoms with E-state index in [4.69, 9.17) is 0 Å². The van der Waals surface area contributed by atoms with E-state index in [1.54, 1.807) is 24.3 Å². The molecule has 1 amide bonds. The molecule has 2 aromatic rings. The number of carbonyl (C=O) groups is 1. The fraction of sp³-hybridized carbons (Fsp3) is 0.294. The molecular weight excluding hydrogens is 290 g/mol. The molecule has 1 N–H and O–H groups in total. The second-order valence-corrected chi connectivity index (χ2v) is 5.41. The van der Waals surface area contributed by atoms with Gasteiger partial charge < -0.3 is 10.2 Å². The van der Waals surface area contributed by atoms with Crippen molar-refractivity contribution < 1.29 is 4.79 Å². The van der Waals surface area contributed by atoms with E-state index in [0.29, 0.717) is 11.5 Å². The standard InChI is InChI=1S/C17H17N5O/c18-11-14-12-19-17(22-9-5-2-6-10-22)21-15(14)20-16(23)13-7-3-1-4-8-13/h1,3-4,7-8,12H,2,5-6,9-10H2,(H,19,20,21,23). The third-order valence-electron chi connectivity index (χ3n) is 3.80. The molecule has 0 saturated carbocycles. The molecule has 3 rings (SSSR count). The van der Waals surface area contributed by atoms with Crippen molar-refractivity contribution in [3.8, 4) is 6.07 Å². The van der Waals surface area contributed by atoms with E-state index in [1.165, 1.54) is 12.6 Å². The lowest BCUT2D eigenvalue weighted by molar-refractivity contribution is 0.102. The van der Waals surface area contributed by atoms with Gasteiger partial charge >= 0.3 is 0 Å². The molecule has 1 aromatic heterocycles. The lowest BCUT2D eigenvalue weighted by Gasteiger charge is -2.26. The molecule has 0 radical (unpaired) electrons. The van der Waals surface area contributed by atoms with E-state index in [0.717, 1.165) is 25.9 Å². The van der Waals surface area contributed by atoms with Gasteiger partial charge in [-0.05, 0) is 31.4 Å². The summed E-state index contributed by atoms with van der Waals surface area (Å²) in [5.74, 6) is 0.536. The first-order valence-corrected chi connectivity index (χ1v) is 7.66. The minimum absolute atomic E-state index is 0.259. The third kappa shape index (κ3) is 3.46. The zero-order chi connectivity index (χ0) is 16.1. The zero-order valence-electron chi connectivity index (χ0n) is 12.7. The molecule has 0 spiro atoms. The van der Waals surface area contributed by atoms with Gasteiger partial charge in [0.15, 0.2) is 5.82 Å². The largest absolute Gasteiger partial charge is 0.341 e. The quantitative estimate of drug-likeness (QED) is 0.942. The van der Waals surface area contributed by atoms with Gasteiger partial charge in [0.2, 0.25) is 5.95 Å². The number of nitriles is 1. The molecule has 1 saturated heterocycles. The predicted octanol–water partition coefficient (Wildman–Crippen LogP) is 2.59. The first kappa shape index (κ1) is 15.0. The number of hydrogen-bond donors (Lipinski definition) is 1. The van der Waals surface area contributed by atoms with Gasteiger partial charge in [0.05, 0.1) is 6.20 Å². The van der Waals surface area contributed by atoms with Crippen molar-refractivity contribution in [3.63, 3.8) is 0 Å². The summed E-state index contributed by atoms with van der Waals surface area (Å²) in [6.45, 7) is 1.80. The van der Waals surface area contributed by atoms with E-state index < -0.39 is 0 Å². The second kappa shape index (κ2) is 6.88. The summed E-state index contributed by atoms with van der Waals surface area (Å²) in [6, 6.07) is 10.9. The van der Waals surface area contributed by atoms with Crippen LogP contribution in [0.2, 0.25) is 0 Å². The van der Waals surface area contributed by atoms with Gasteiger partial charge in [0, 0.05) is 18.7 Å². The van der Waals surface area contributed by atoms with E-state index in [1.807, 2.05) is 12.1 Å². The van der Waals surface area contributed by atoms with Gasteiger partial charge in [-0.2, -0.15) is 10.2 Å². The van der Waals surface area contributed by atoms with Crippen molar-refractivity contribution in [1.29, 1.82) is 5.26 Å². The van der Waals surface area contributed by atoms with Crippen molar-refractivity contribution in [3.05, 3.63) is 47.7 Å². The summed E-state index contributed by atoms with van der Waals surface area (Å²) in [5.41, 5.74) is 0.782. The summed E-state index contributed by atoms with van der Waals surface area (Å²) in [5, 5.41) is 11.9. The van der Waals surface area contributed by atoms with Crippen LogP contribution in [0.3, 0.4) is 0 Å². The Morgan fingerprint density at radius 1 is 1.17 bits per heavy atom. The number of anilines is 2. The normalized spacial score (nSPS) is 14.1. The highest BCUT2D eigenvalue weighted by Gasteiger charge is 2.17. The molecule has 6 heteroatoms. The van der Waals surface area contributed by atoms with Crippen LogP contribution in [-0.2, 0) is 0 Å². The minimum Gasteiger partial charge on any atom is -0.341 e. The Kier molecular flexibility index (Phi) is 4.48. The molecule has 0 unspecified atom stereocenters. The first-order valence-electron chi connectivity index (χ1n) is 7.66. The van der Waals surface area contributed by atoms with Crippen LogP contribution in [0.5, 0.6) is 0 Å². The van der Waals surface area contributed by atoms with Crippen molar-refractivity contribution >= 4 is 17.7 Å². The summed E-state index contributed by atoms with van der Waals surface area (Å²) in [6.07, 6.45) is 4.89. The number of piperidine rings is 1. The maximum absolute atomic E-state index is 12.3. The summed E-state index contributed by atoms with van der Waals surface area (Å²) < 4.78 is 0. The minimum atomic E-state index is -0.287. The van der Waals surface area contributed by atoms with Crippen LogP contribution in [0.25, 0.3) is 0 Å². The lowest BCUT2D eigenvalue weighted by Crippen LogP contribution is -2.31. The Labute approximate surface area is 134 Å². The van der Waals surface area contributed by atoms with Crippen LogP contribution < -0.4 is 10.2 Å². The Hall–Kier alpha value is -2.94. The molecule has 2 heterocycles. The fourth-order valence-corrected chi connectivity index (χ4v) is 2.57.